The zero-order valence-corrected chi connectivity index (χ0v) is 11.9. The van der Waals surface area contributed by atoms with Crippen LogP contribution in [0.2, 0.25) is 0 Å². The maximum atomic E-state index is 11.9. The van der Waals surface area contributed by atoms with Crippen molar-refractivity contribution >= 4 is 6.09 Å². The Bertz CT molecular complexity index is 276. The minimum atomic E-state index is -0.442. The third-order valence-electron chi connectivity index (χ3n) is 3.00. The average Bonchev–Trinajstić information content (AvgIpc) is 2.72. The second kappa shape index (κ2) is 6.38. The molecule has 2 N–H and O–H groups in total. The molecule has 1 rings (SSSR count). The molecule has 0 saturated carbocycles. The minimum absolute atomic E-state index is 0.00242. The van der Waals surface area contributed by atoms with Gasteiger partial charge in [0.25, 0.3) is 0 Å². The Morgan fingerprint density at radius 3 is 2.72 bits per heavy atom. The first kappa shape index (κ1) is 15.2. The number of hydrogen-bond acceptors (Lipinski definition) is 4. The molecule has 0 aliphatic carbocycles. The van der Waals surface area contributed by atoms with Gasteiger partial charge < -0.3 is 20.1 Å². The molecular weight excluding hydrogens is 232 g/mol. The second-order valence-corrected chi connectivity index (χ2v) is 5.80. The van der Waals surface area contributed by atoms with Crippen LogP contribution in [0.1, 0.15) is 34.1 Å². The van der Waals surface area contributed by atoms with Crippen LogP contribution in [0.5, 0.6) is 0 Å². The van der Waals surface area contributed by atoms with E-state index in [0.717, 1.165) is 13.0 Å². The highest BCUT2D eigenvalue weighted by Crippen LogP contribution is 2.21. The lowest BCUT2D eigenvalue weighted by atomic mass is 10.0. The molecular formula is C13H26N2O3. The summed E-state index contributed by atoms with van der Waals surface area (Å²) in [5.74, 6) is 0.309. The number of nitrogens with two attached hydrogens (primary N) is 1. The fourth-order valence-corrected chi connectivity index (χ4v) is 2.02. The van der Waals surface area contributed by atoms with Gasteiger partial charge in [0.15, 0.2) is 0 Å². The number of ether oxygens (including phenoxy) is 2. The third kappa shape index (κ3) is 4.82. The standard InChI is InChI=1S/C13H26N2O3/c1-5-17-9-11(14)10-6-7-15(8-10)12(16)18-13(2,3)4/h10-11H,5-9,14H2,1-4H3. The van der Waals surface area contributed by atoms with Gasteiger partial charge in [0, 0.05) is 25.7 Å². The average molecular weight is 258 g/mol. The van der Waals surface area contributed by atoms with Crippen LogP contribution in [0.15, 0.2) is 0 Å². The number of hydrogen-bond donors (Lipinski definition) is 1. The summed E-state index contributed by atoms with van der Waals surface area (Å²) >= 11 is 0. The van der Waals surface area contributed by atoms with Crippen LogP contribution in [0.3, 0.4) is 0 Å². The van der Waals surface area contributed by atoms with E-state index in [4.69, 9.17) is 15.2 Å². The van der Waals surface area contributed by atoms with E-state index in [2.05, 4.69) is 0 Å². The summed E-state index contributed by atoms with van der Waals surface area (Å²) in [4.78, 5) is 13.6. The Balaban J connectivity index is 2.38. The zero-order chi connectivity index (χ0) is 13.8. The van der Waals surface area contributed by atoms with Crippen LogP contribution in [0.4, 0.5) is 4.79 Å². The second-order valence-electron chi connectivity index (χ2n) is 5.80. The molecule has 2 atom stereocenters. The van der Waals surface area contributed by atoms with Crippen molar-refractivity contribution in [2.75, 3.05) is 26.3 Å². The highest BCUT2D eigenvalue weighted by molar-refractivity contribution is 5.68. The normalized spacial score (nSPS) is 22.1. The van der Waals surface area contributed by atoms with Gasteiger partial charge in [-0.25, -0.2) is 4.79 Å². The molecule has 1 aliphatic rings. The SMILES string of the molecule is CCOCC(N)C1CCN(C(=O)OC(C)(C)C)C1. The van der Waals surface area contributed by atoms with Crippen molar-refractivity contribution in [1.82, 2.24) is 4.90 Å². The summed E-state index contributed by atoms with van der Waals surface area (Å²) < 4.78 is 10.7. The van der Waals surface area contributed by atoms with Crippen molar-refractivity contribution < 1.29 is 14.3 Å². The quantitative estimate of drug-likeness (QED) is 0.832. The Morgan fingerprint density at radius 1 is 1.50 bits per heavy atom. The van der Waals surface area contributed by atoms with E-state index in [0.29, 0.717) is 25.7 Å². The van der Waals surface area contributed by atoms with E-state index in [1.54, 1.807) is 4.90 Å². The summed E-state index contributed by atoms with van der Waals surface area (Å²) in [6.45, 7) is 10.2. The number of carbonyl (C=O) groups is 1. The maximum absolute atomic E-state index is 11.9. The van der Waals surface area contributed by atoms with Gasteiger partial charge in [-0.2, -0.15) is 0 Å². The molecule has 1 saturated heterocycles. The molecule has 0 spiro atoms. The summed E-state index contributed by atoms with van der Waals surface area (Å²) in [5, 5.41) is 0. The van der Waals surface area contributed by atoms with E-state index >= 15 is 0 Å². The molecule has 0 radical (unpaired) electrons. The lowest BCUT2D eigenvalue weighted by Crippen LogP contribution is -2.39. The monoisotopic (exact) mass is 258 g/mol. The topological polar surface area (TPSA) is 64.8 Å². The van der Waals surface area contributed by atoms with Crippen LogP contribution >= 0.6 is 0 Å². The molecule has 0 aromatic heterocycles. The van der Waals surface area contributed by atoms with Gasteiger partial charge in [0.1, 0.15) is 5.60 Å². The molecule has 5 heteroatoms. The predicted octanol–water partition coefficient (Wildman–Crippen LogP) is 1.61. The molecule has 0 bridgehead atoms. The van der Waals surface area contributed by atoms with Crippen molar-refractivity contribution in [2.45, 2.75) is 45.8 Å². The number of rotatable bonds is 4. The zero-order valence-electron chi connectivity index (χ0n) is 11.9. The first-order valence-corrected chi connectivity index (χ1v) is 6.64. The van der Waals surface area contributed by atoms with Gasteiger partial charge in [0.05, 0.1) is 6.61 Å². The van der Waals surface area contributed by atoms with Crippen molar-refractivity contribution in [2.24, 2.45) is 11.7 Å². The molecule has 0 aromatic rings. The lowest BCUT2D eigenvalue weighted by molar-refractivity contribution is 0.0281. The Morgan fingerprint density at radius 2 is 2.17 bits per heavy atom. The van der Waals surface area contributed by atoms with Gasteiger partial charge in [-0.15, -0.1) is 0 Å². The molecule has 18 heavy (non-hydrogen) atoms. The van der Waals surface area contributed by atoms with Gasteiger partial charge in [-0.3, -0.25) is 0 Å². The third-order valence-corrected chi connectivity index (χ3v) is 3.00. The smallest absolute Gasteiger partial charge is 0.410 e. The Kier molecular flexibility index (Phi) is 5.41. The van der Waals surface area contributed by atoms with E-state index in [1.165, 1.54) is 0 Å². The maximum Gasteiger partial charge on any atom is 0.410 e. The van der Waals surface area contributed by atoms with Crippen LogP contribution in [-0.4, -0.2) is 48.9 Å². The van der Waals surface area contributed by atoms with Crippen molar-refractivity contribution in [1.29, 1.82) is 0 Å². The highest BCUT2D eigenvalue weighted by Gasteiger charge is 2.32. The number of likely N-dealkylation sites (tertiary alicyclic amines) is 1. The molecule has 0 aromatic carbocycles. The van der Waals surface area contributed by atoms with E-state index in [-0.39, 0.29) is 12.1 Å². The van der Waals surface area contributed by atoms with Gasteiger partial charge in [-0.05, 0) is 40.0 Å². The van der Waals surface area contributed by atoms with Gasteiger partial charge in [0.2, 0.25) is 0 Å². The van der Waals surface area contributed by atoms with E-state index in [9.17, 15) is 4.79 Å². The predicted molar refractivity (Wildman–Crippen MR) is 70.4 cm³/mol. The van der Waals surface area contributed by atoms with Crippen molar-refractivity contribution in [3.05, 3.63) is 0 Å². The lowest BCUT2D eigenvalue weighted by Gasteiger charge is -2.25. The summed E-state index contributed by atoms with van der Waals surface area (Å²) in [7, 11) is 0. The number of carbonyl (C=O) groups excluding carboxylic acids is 1. The Hall–Kier alpha value is -0.810. The van der Waals surface area contributed by atoms with Crippen LogP contribution in [0, 0.1) is 5.92 Å². The van der Waals surface area contributed by atoms with Crippen molar-refractivity contribution in [3.8, 4) is 0 Å². The molecule has 5 nitrogen and oxygen atoms in total. The van der Waals surface area contributed by atoms with Crippen LogP contribution in [-0.2, 0) is 9.47 Å². The Labute approximate surface area is 110 Å². The first-order chi connectivity index (χ1) is 8.33. The van der Waals surface area contributed by atoms with E-state index in [1.807, 2.05) is 27.7 Å². The summed E-state index contributed by atoms with van der Waals surface area (Å²) in [6, 6.07) is -0.00242. The van der Waals surface area contributed by atoms with Crippen molar-refractivity contribution in [3.63, 3.8) is 0 Å². The summed E-state index contributed by atoms with van der Waals surface area (Å²) in [5.41, 5.74) is 5.61. The number of nitrogens with zero attached hydrogens (tertiary/aromatic N) is 1. The molecule has 1 fully saturated rings. The first-order valence-electron chi connectivity index (χ1n) is 6.64. The minimum Gasteiger partial charge on any atom is -0.444 e. The van der Waals surface area contributed by atoms with Crippen LogP contribution in [0.25, 0.3) is 0 Å². The molecule has 2 unspecified atom stereocenters. The molecule has 1 amide bonds. The molecule has 106 valence electrons. The summed E-state index contributed by atoms with van der Waals surface area (Å²) in [6.07, 6.45) is 0.682. The van der Waals surface area contributed by atoms with Gasteiger partial charge in [-0.1, -0.05) is 0 Å². The van der Waals surface area contributed by atoms with Gasteiger partial charge >= 0.3 is 6.09 Å². The van der Waals surface area contributed by atoms with E-state index < -0.39 is 5.60 Å². The van der Waals surface area contributed by atoms with Crippen LogP contribution < -0.4 is 5.73 Å². The fraction of sp³-hybridized carbons (Fsp3) is 0.923. The molecule has 1 aliphatic heterocycles. The highest BCUT2D eigenvalue weighted by atomic mass is 16.6. The molecule has 1 heterocycles. The largest absolute Gasteiger partial charge is 0.444 e. The number of amides is 1. The fourth-order valence-electron chi connectivity index (χ4n) is 2.02.